The van der Waals surface area contributed by atoms with Crippen molar-refractivity contribution >= 4 is 0 Å². The van der Waals surface area contributed by atoms with Gasteiger partial charge in [-0.25, -0.2) is 0 Å². The molecule has 2 fully saturated rings. The Balaban J connectivity index is 0.989. The molecule has 1 aliphatic carbocycles. The average Bonchev–Trinajstić information content (AvgIpc) is 3.26. The van der Waals surface area contributed by atoms with Gasteiger partial charge in [0, 0.05) is 38.8 Å². The van der Waals surface area contributed by atoms with Crippen LogP contribution in [0.1, 0.15) is 92.4 Å². The van der Waals surface area contributed by atoms with Gasteiger partial charge >= 0.3 is 0 Å². The maximum absolute atomic E-state index is 11.9. The number of para-hydroxylation sites is 2. The van der Waals surface area contributed by atoms with Crippen LogP contribution in [0.2, 0.25) is 0 Å². The minimum atomic E-state index is 0.200. The second kappa shape index (κ2) is 18.0. The fraction of sp³-hybridized carbons (Fsp3) is 0.333. The number of phenols is 4. The lowest BCUT2D eigenvalue weighted by molar-refractivity contribution is 0.177. The highest BCUT2D eigenvalue weighted by molar-refractivity contribution is 5.56. The maximum atomic E-state index is 11.9. The molecule has 308 valence electrons. The number of aromatic hydroxyl groups is 4. The maximum Gasteiger partial charge on any atom is 0.122 e. The molecule has 2 saturated heterocycles. The molecule has 0 saturated carbocycles. The van der Waals surface area contributed by atoms with Gasteiger partial charge in [-0.05, 0) is 143 Å². The Bertz CT molecular complexity index is 2150. The number of rotatable bonds is 8. The predicted molar refractivity (Wildman–Crippen MR) is 240 cm³/mol. The minimum Gasteiger partial charge on any atom is -0.507 e. The molecule has 4 N–H and O–H groups in total. The Morgan fingerprint density at radius 1 is 0.350 bits per heavy atom. The van der Waals surface area contributed by atoms with E-state index >= 15 is 0 Å². The van der Waals surface area contributed by atoms with E-state index in [1.54, 1.807) is 0 Å². The van der Waals surface area contributed by atoms with Crippen LogP contribution >= 0.6 is 0 Å². The molecular weight excluding hydrogens is 741 g/mol. The van der Waals surface area contributed by atoms with Crippen LogP contribution in [0.4, 0.5) is 0 Å². The molecule has 6 aromatic carbocycles. The van der Waals surface area contributed by atoms with E-state index in [1.807, 2.05) is 36.4 Å². The van der Waals surface area contributed by atoms with Crippen molar-refractivity contribution in [3.8, 4) is 23.0 Å². The Morgan fingerprint density at radius 3 is 0.967 bits per heavy atom. The number of fused-ring (bicyclic) bond motifs is 8. The number of hydrogen-bond donors (Lipinski definition) is 4. The number of nitrogens with zero attached hydrogens (tertiary/aromatic N) is 2. The molecule has 0 atom stereocenters. The van der Waals surface area contributed by atoms with Crippen LogP contribution in [-0.2, 0) is 51.6 Å². The number of piperidine rings is 2. The van der Waals surface area contributed by atoms with E-state index in [9.17, 15) is 20.4 Å². The first-order valence-electron chi connectivity index (χ1n) is 22.1. The molecule has 6 heteroatoms. The predicted octanol–water partition coefficient (Wildman–Crippen LogP) is 10.1. The van der Waals surface area contributed by atoms with Crippen molar-refractivity contribution in [2.24, 2.45) is 11.8 Å². The van der Waals surface area contributed by atoms with Gasteiger partial charge in [-0.1, -0.05) is 121 Å². The minimum absolute atomic E-state index is 0.200. The smallest absolute Gasteiger partial charge is 0.122 e. The van der Waals surface area contributed by atoms with E-state index in [4.69, 9.17) is 0 Å². The van der Waals surface area contributed by atoms with Gasteiger partial charge in [0.25, 0.3) is 0 Å². The number of benzene rings is 6. The molecule has 8 bridgehead atoms. The van der Waals surface area contributed by atoms with Crippen LogP contribution in [0.5, 0.6) is 23.0 Å². The summed E-state index contributed by atoms with van der Waals surface area (Å²) in [6.45, 7) is 5.65. The van der Waals surface area contributed by atoms with E-state index in [0.29, 0.717) is 37.5 Å². The van der Waals surface area contributed by atoms with Crippen molar-refractivity contribution < 1.29 is 20.4 Å². The van der Waals surface area contributed by atoms with E-state index in [1.165, 1.54) is 11.1 Å². The Labute approximate surface area is 355 Å². The first-order valence-corrected chi connectivity index (χ1v) is 22.1. The van der Waals surface area contributed by atoms with Crippen LogP contribution in [0.3, 0.4) is 0 Å². The topological polar surface area (TPSA) is 87.4 Å². The lowest BCUT2D eigenvalue weighted by atomic mass is 9.88. The third-order valence-electron chi connectivity index (χ3n) is 13.5. The SMILES string of the molecule is Oc1c2cccc1Cc1cc(CN3CCC(Cc4ccccc4)CC3)cc(c1O)Cc1cccc(c1O)Cc1cc(CN3CCC(Cc4ccccc4)CC3)cc(c1O)C2. The Kier molecular flexibility index (Phi) is 11.9. The van der Waals surface area contributed by atoms with Crippen LogP contribution in [0, 0.1) is 11.8 Å². The highest BCUT2D eigenvalue weighted by Crippen LogP contribution is 2.39. The summed E-state index contributed by atoms with van der Waals surface area (Å²) in [5.41, 5.74) is 11.0. The van der Waals surface area contributed by atoms with Gasteiger partial charge < -0.3 is 20.4 Å². The second-order valence-electron chi connectivity index (χ2n) is 17.9. The molecule has 9 rings (SSSR count). The molecule has 0 unspecified atom stereocenters. The highest BCUT2D eigenvalue weighted by atomic mass is 16.3. The first kappa shape index (κ1) is 39.9. The molecule has 3 aliphatic rings. The van der Waals surface area contributed by atoms with Crippen molar-refractivity contribution in [2.45, 2.75) is 77.3 Å². The Morgan fingerprint density at radius 2 is 0.650 bits per heavy atom. The molecule has 6 aromatic rings. The quantitative estimate of drug-likeness (QED) is 0.123. The largest absolute Gasteiger partial charge is 0.507 e. The second-order valence-corrected chi connectivity index (χ2v) is 17.9. The molecule has 60 heavy (non-hydrogen) atoms. The van der Waals surface area contributed by atoms with Crippen LogP contribution in [0.15, 0.2) is 121 Å². The van der Waals surface area contributed by atoms with Crippen molar-refractivity contribution in [3.63, 3.8) is 0 Å². The summed E-state index contributed by atoms with van der Waals surface area (Å²) >= 11 is 0. The van der Waals surface area contributed by atoms with E-state index in [-0.39, 0.29) is 23.0 Å². The summed E-state index contributed by atoms with van der Waals surface area (Å²) in [5, 5.41) is 47.5. The zero-order valence-electron chi connectivity index (χ0n) is 34.7. The van der Waals surface area contributed by atoms with Crippen molar-refractivity contribution in [1.82, 2.24) is 9.80 Å². The molecule has 2 heterocycles. The van der Waals surface area contributed by atoms with Crippen LogP contribution in [-0.4, -0.2) is 56.4 Å². The monoisotopic (exact) mass is 798 g/mol. The lowest BCUT2D eigenvalue weighted by Crippen LogP contribution is -2.33. The number of phenolic OH excluding ortho intramolecular Hbond substituents is 4. The zero-order chi connectivity index (χ0) is 41.0. The van der Waals surface area contributed by atoms with Gasteiger partial charge in [-0.15, -0.1) is 0 Å². The fourth-order valence-corrected chi connectivity index (χ4v) is 10.2. The molecule has 0 radical (unpaired) electrons. The van der Waals surface area contributed by atoms with Gasteiger partial charge in [0.15, 0.2) is 0 Å². The molecule has 0 amide bonds. The first-order chi connectivity index (χ1) is 29.3. The summed E-state index contributed by atoms with van der Waals surface area (Å²) in [4.78, 5) is 5.04. The Hall–Kier alpha value is -5.56. The third kappa shape index (κ3) is 9.26. The summed E-state index contributed by atoms with van der Waals surface area (Å²) in [6, 6.07) is 41.7. The summed E-state index contributed by atoms with van der Waals surface area (Å²) in [5.74, 6) is 2.17. The van der Waals surface area contributed by atoms with Crippen LogP contribution in [0.25, 0.3) is 0 Å². The van der Waals surface area contributed by atoms with Gasteiger partial charge in [-0.3, -0.25) is 9.80 Å². The van der Waals surface area contributed by atoms with Gasteiger partial charge in [-0.2, -0.15) is 0 Å². The molecular formula is C54H58N2O4. The molecule has 2 aliphatic heterocycles. The zero-order valence-corrected chi connectivity index (χ0v) is 34.7. The van der Waals surface area contributed by atoms with Crippen molar-refractivity contribution in [2.75, 3.05) is 26.2 Å². The van der Waals surface area contributed by atoms with E-state index in [0.717, 1.165) is 133 Å². The fourth-order valence-electron chi connectivity index (χ4n) is 10.2. The summed E-state index contributed by atoms with van der Waals surface area (Å²) < 4.78 is 0. The summed E-state index contributed by atoms with van der Waals surface area (Å²) in [6.07, 6.45) is 8.28. The normalized spacial score (nSPS) is 16.8. The van der Waals surface area contributed by atoms with Gasteiger partial charge in [0.1, 0.15) is 23.0 Å². The standard InChI is InChI=1S/C54H58N2O4/c57-51-43-13-7-15-45(51)33-49-29-42(36-56-23-19-40(20-24-56)26-38-11-5-2-6-12-38)30-50(54(49)60)34-46-16-8-14-44(52(46)58)32-48-28-41(27-47(31-43)53(48)59)35-55-21-17-39(18-22-55)25-37-9-3-1-4-10-37/h1-16,27-30,39-40,57-60H,17-26,31-36H2. The van der Waals surface area contributed by atoms with E-state index in [2.05, 4.69) is 94.7 Å². The molecule has 0 aromatic heterocycles. The third-order valence-corrected chi connectivity index (χ3v) is 13.5. The van der Waals surface area contributed by atoms with Crippen LogP contribution < -0.4 is 0 Å². The molecule has 0 spiro atoms. The van der Waals surface area contributed by atoms with Gasteiger partial charge in [0.2, 0.25) is 0 Å². The van der Waals surface area contributed by atoms with Gasteiger partial charge in [0.05, 0.1) is 0 Å². The van der Waals surface area contributed by atoms with Crippen molar-refractivity contribution in [1.29, 1.82) is 0 Å². The lowest BCUT2D eigenvalue weighted by Gasteiger charge is -2.32. The number of likely N-dealkylation sites (tertiary alicyclic amines) is 2. The van der Waals surface area contributed by atoms with Crippen molar-refractivity contribution in [3.05, 3.63) is 188 Å². The highest BCUT2D eigenvalue weighted by Gasteiger charge is 2.24. The van der Waals surface area contributed by atoms with E-state index < -0.39 is 0 Å². The summed E-state index contributed by atoms with van der Waals surface area (Å²) in [7, 11) is 0. The molecule has 6 nitrogen and oxygen atoms in total. The average molecular weight is 799 g/mol. The number of hydrogen-bond acceptors (Lipinski definition) is 6.